The third kappa shape index (κ3) is 9.48. The number of aliphatic carboxylic acids is 1. The van der Waals surface area contributed by atoms with Crippen LogP contribution in [0, 0.1) is 0 Å². The summed E-state index contributed by atoms with van der Waals surface area (Å²) in [5.41, 5.74) is -2.32. The predicted molar refractivity (Wildman–Crippen MR) is 107 cm³/mol. The van der Waals surface area contributed by atoms with Crippen molar-refractivity contribution in [2.75, 3.05) is 0 Å². The van der Waals surface area contributed by atoms with Crippen molar-refractivity contribution in [3.05, 3.63) is 66.2 Å². The lowest BCUT2D eigenvalue weighted by molar-refractivity contribution is -0.192. The van der Waals surface area contributed by atoms with Gasteiger partial charge >= 0.3 is 17.7 Å². The minimum Gasteiger partial charge on any atom is -0.475 e. The van der Waals surface area contributed by atoms with Gasteiger partial charge in [-0.05, 0) is 41.6 Å². The number of carboxylic acids is 1. The van der Waals surface area contributed by atoms with Gasteiger partial charge in [-0.15, -0.1) is 5.10 Å². The van der Waals surface area contributed by atoms with Gasteiger partial charge in [0, 0.05) is 17.3 Å². The van der Waals surface area contributed by atoms with Gasteiger partial charge in [0.25, 0.3) is 0 Å². The molecule has 8 nitrogen and oxygen atoms in total. The Morgan fingerprint density at radius 2 is 1.59 bits per heavy atom. The number of aromatic nitrogens is 4. The lowest BCUT2D eigenvalue weighted by atomic mass is 10.1. The number of thioether (sulfide) groups is 1. The van der Waals surface area contributed by atoms with Gasteiger partial charge in [-0.2, -0.15) is 26.3 Å². The maximum atomic E-state index is 12.3. The topological polar surface area (TPSA) is 110 Å². The molecule has 0 spiro atoms. The number of alkyl halides is 6. The Kier molecular flexibility index (Phi) is 9.00. The molecular formula is C19H15F6N5O3S. The molecule has 3 rings (SSSR count). The van der Waals surface area contributed by atoms with E-state index in [0.29, 0.717) is 11.3 Å². The summed E-state index contributed by atoms with van der Waals surface area (Å²) in [6, 6.07) is 9.26. The Labute approximate surface area is 192 Å². The van der Waals surface area contributed by atoms with Crippen molar-refractivity contribution in [1.29, 1.82) is 0 Å². The van der Waals surface area contributed by atoms with E-state index in [4.69, 9.17) is 9.90 Å². The number of nitrogens with one attached hydrogen (secondary N) is 1. The molecule has 3 aromatic rings. The normalized spacial score (nSPS) is 11.4. The molecule has 182 valence electrons. The molecule has 0 saturated heterocycles. The smallest absolute Gasteiger partial charge is 0.475 e. The Balaban J connectivity index is 0.000000509. The van der Waals surface area contributed by atoms with Crippen molar-refractivity contribution in [1.82, 2.24) is 25.3 Å². The van der Waals surface area contributed by atoms with E-state index in [2.05, 4.69) is 20.6 Å². The third-order valence-corrected chi connectivity index (χ3v) is 4.44. The second-order valence-electron chi connectivity index (χ2n) is 6.31. The minimum atomic E-state index is -5.08. The Morgan fingerprint density at radius 3 is 2.12 bits per heavy atom. The van der Waals surface area contributed by atoms with Crippen molar-refractivity contribution >= 4 is 23.6 Å². The molecule has 0 bridgehead atoms. The Bertz CT molecular complexity index is 1090. The summed E-state index contributed by atoms with van der Waals surface area (Å²) in [4.78, 5) is 24.9. The van der Waals surface area contributed by atoms with Gasteiger partial charge in [-0.1, -0.05) is 17.3 Å². The Morgan fingerprint density at radius 1 is 1.00 bits per heavy atom. The van der Waals surface area contributed by atoms with Crippen molar-refractivity contribution in [3.8, 4) is 5.69 Å². The zero-order valence-electron chi connectivity index (χ0n) is 16.8. The molecule has 2 aromatic heterocycles. The van der Waals surface area contributed by atoms with Crippen LogP contribution >= 0.6 is 11.8 Å². The van der Waals surface area contributed by atoms with Crippen LogP contribution in [0.5, 0.6) is 0 Å². The highest BCUT2D eigenvalue weighted by Gasteiger charge is 2.38. The van der Waals surface area contributed by atoms with Crippen LogP contribution in [0.3, 0.4) is 0 Å². The number of pyridine rings is 1. The van der Waals surface area contributed by atoms with Gasteiger partial charge in [-0.3, -0.25) is 9.78 Å². The lowest BCUT2D eigenvalue weighted by Gasteiger charge is -2.07. The summed E-state index contributed by atoms with van der Waals surface area (Å²) in [6.07, 6.45) is -0.0534. The van der Waals surface area contributed by atoms with Crippen LogP contribution in [-0.2, 0) is 22.6 Å². The number of benzene rings is 1. The van der Waals surface area contributed by atoms with E-state index in [-0.39, 0.29) is 35.5 Å². The van der Waals surface area contributed by atoms with E-state index in [0.717, 1.165) is 5.69 Å². The maximum Gasteiger partial charge on any atom is 0.490 e. The van der Waals surface area contributed by atoms with E-state index in [1.165, 1.54) is 24.3 Å². The third-order valence-electron chi connectivity index (χ3n) is 3.70. The van der Waals surface area contributed by atoms with Gasteiger partial charge in [0.15, 0.2) is 0 Å². The molecule has 2 heterocycles. The van der Waals surface area contributed by atoms with Crippen LogP contribution in [0.1, 0.15) is 11.3 Å². The fraction of sp³-hybridized carbons (Fsp3) is 0.211. The number of amides is 1. The molecule has 0 aliphatic rings. The molecular weight excluding hydrogens is 492 g/mol. The standard InChI is InChI=1S/C17H14F3N5OS.C2HF3O2/c18-17(19,20)27-15-3-1-12(2-4-15)9-16(26)22-10-13-11-25(24-23-13)14-5-7-21-8-6-14;3-2(4,5)1(6)7/h1-8,11H,9-10H2,(H,22,26);(H,6,7). The second-order valence-corrected chi connectivity index (χ2v) is 7.45. The molecule has 1 amide bonds. The minimum absolute atomic E-state index is 0.0649. The van der Waals surface area contributed by atoms with Crippen LogP contribution in [0.25, 0.3) is 5.69 Å². The van der Waals surface area contributed by atoms with Crippen LogP contribution in [0.2, 0.25) is 0 Å². The van der Waals surface area contributed by atoms with Gasteiger partial charge in [0.2, 0.25) is 5.91 Å². The average molecular weight is 507 g/mol. The molecule has 34 heavy (non-hydrogen) atoms. The first-order valence-electron chi connectivity index (χ1n) is 9.06. The molecule has 2 N–H and O–H groups in total. The number of carbonyl (C=O) groups is 2. The molecule has 0 aliphatic carbocycles. The zero-order valence-corrected chi connectivity index (χ0v) is 17.7. The summed E-state index contributed by atoms with van der Waals surface area (Å²) in [6.45, 7) is 0.200. The average Bonchev–Trinajstić information content (AvgIpc) is 3.22. The van der Waals surface area contributed by atoms with Crippen LogP contribution in [0.4, 0.5) is 26.3 Å². The molecule has 0 atom stereocenters. The molecule has 1 aromatic carbocycles. The monoisotopic (exact) mass is 507 g/mol. The molecule has 0 saturated carbocycles. The number of nitrogens with zero attached hydrogens (tertiary/aromatic N) is 4. The molecule has 0 fully saturated rings. The van der Waals surface area contributed by atoms with Crippen molar-refractivity contribution in [2.24, 2.45) is 0 Å². The fourth-order valence-corrected chi connectivity index (χ4v) is 2.79. The lowest BCUT2D eigenvalue weighted by Crippen LogP contribution is -2.24. The number of carbonyl (C=O) groups excluding carboxylic acids is 1. The SMILES string of the molecule is O=C(Cc1ccc(SC(F)(F)F)cc1)NCc1cn(-c2ccncc2)nn1.O=C(O)C(F)(F)F. The second kappa shape index (κ2) is 11.5. The quantitative estimate of drug-likeness (QED) is 0.386. The first-order chi connectivity index (χ1) is 15.8. The van der Waals surface area contributed by atoms with E-state index < -0.39 is 17.7 Å². The van der Waals surface area contributed by atoms with Crippen molar-refractivity contribution in [3.63, 3.8) is 0 Å². The summed E-state index contributed by atoms with van der Waals surface area (Å²) in [5.74, 6) is -3.02. The highest BCUT2D eigenvalue weighted by Crippen LogP contribution is 2.36. The first kappa shape index (κ1) is 26.6. The molecule has 0 unspecified atom stereocenters. The number of halogens is 6. The van der Waals surface area contributed by atoms with E-state index >= 15 is 0 Å². The molecule has 0 aliphatic heterocycles. The van der Waals surface area contributed by atoms with E-state index in [1.807, 2.05) is 0 Å². The summed E-state index contributed by atoms with van der Waals surface area (Å²) in [7, 11) is 0. The number of hydrogen-bond acceptors (Lipinski definition) is 6. The predicted octanol–water partition coefficient (Wildman–Crippen LogP) is 3.77. The number of hydrogen-bond donors (Lipinski definition) is 2. The van der Waals surface area contributed by atoms with Crippen LogP contribution < -0.4 is 5.32 Å². The van der Waals surface area contributed by atoms with Crippen molar-refractivity contribution < 1.29 is 41.0 Å². The van der Waals surface area contributed by atoms with Gasteiger partial charge in [0.05, 0.1) is 24.8 Å². The summed E-state index contributed by atoms with van der Waals surface area (Å²) in [5, 5.41) is 17.8. The Hall–Kier alpha value is -3.62. The van der Waals surface area contributed by atoms with Gasteiger partial charge in [-0.25, -0.2) is 9.48 Å². The van der Waals surface area contributed by atoms with Gasteiger partial charge < -0.3 is 10.4 Å². The number of rotatable bonds is 6. The first-order valence-corrected chi connectivity index (χ1v) is 9.88. The largest absolute Gasteiger partial charge is 0.490 e. The molecule has 0 radical (unpaired) electrons. The van der Waals surface area contributed by atoms with Gasteiger partial charge in [0.1, 0.15) is 5.69 Å². The zero-order chi connectivity index (χ0) is 25.4. The van der Waals surface area contributed by atoms with Crippen LogP contribution in [0.15, 0.2) is 59.9 Å². The highest BCUT2D eigenvalue weighted by atomic mass is 32.2. The summed E-state index contributed by atoms with van der Waals surface area (Å²) >= 11 is -0.186. The van der Waals surface area contributed by atoms with Crippen LogP contribution in [-0.4, -0.2) is 48.6 Å². The van der Waals surface area contributed by atoms with Crippen molar-refractivity contribution in [2.45, 2.75) is 29.5 Å². The van der Waals surface area contributed by atoms with E-state index in [9.17, 15) is 31.1 Å². The van der Waals surface area contributed by atoms with E-state index in [1.54, 1.807) is 35.4 Å². The maximum absolute atomic E-state index is 12.3. The fourth-order valence-electron chi connectivity index (χ4n) is 2.25. The highest BCUT2D eigenvalue weighted by molar-refractivity contribution is 8.00. The molecule has 15 heteroatoms. The number of carboxylic acid groups (broad SMARTS) is 1. The summed E-state index contributed by atoms with van der Waals surface area (Å²) < 4.78 is 70.2.